The van der Waals surface area contributed by atoms with Gasteiger partial charge in [-0.25, -0.2) is 9.78 Å². The van der Waals surface area contributed by atoms with Crippen LogP contribution in [0.4, 0.5) is 33.4 Å². The van der Waals surface area contributed by atoms with Gasteiger partial charge in [0.15, 0.2) is 17.2 Å². The quantitative estimate of drug-likeness (QED) is 0.508. The summed E-state index contributed by atoms with van der Waals surface area (Å²) in [7, 11) is 3.45. The molecule has 1 amide bonds. The lowest BCUT2D eigenvalue weighted by molar-refractivity contribution is 0.187. The molecule has 3 aromatic rings. The van der Waals surface area contributed by atoms with Crippen LogP contribution in [-0.4, -0.2) is 72.0 Å². The lowest BCUT2D eigenvalue weighted by Gasteiger charge is -2.35. The number of piperazine rings is 1. The van der Waals surface area contributed by atoms with E-state index in [2.05, 4.69) is 48.9 Å². The third-order valence-electron chi connectivity index (χ3n) is 6.05. The maximum atomic E-state index is 12.0. The molecule has 2 aromatic heterocycles. The molecule has 0 spiro atoms. The molecule has 3 heterocycles. The number of imidazole rings is 1. The summed E-state index contributed by atoms with van der Waals surface area (Å²) < 4.78 is 6.38. The molecule has 1 saturated heterocycles. The summed E-state index contributed by atoms with van der Waals surface area (Å²) in [6, 6.07) is 10.2. The van der Waals surface area contributed by atoms with E-state index in [1.54, 1.807) is 4.52 Å². The molecule has 11 nitrogen and oxygen atoms in total. The zero-order chi connectivity index (χ0) is 23.7. The van der Waals surface area contributed by atoms with E-state index in [1.807, 2.05) is 24.3 Å². The average Bonchev–Trinajstić information content (AvgIpc) is 3.56. The van der Waals surface area contributed by atoms with E-state index in [9.17, 15) is 10.1 Å². The number of amides is 1. The van der Waals surface area contributed by atoms with Crippen molar-refractivity contribution in [3.05, 3.63) is 36.2 Å². The number of carbonyl (C=O) groups is 1. The van der Waals surface area contributed by atoms with Crippen LogP contribution in [0.3, 0.4) is 0 Å². The Balaban J connectivity index is 1.47. The highest BCUT2D eigenvalue weighted by Gasteiger charge is 2.23. The summed E-state index contributed by atoms with van der Waals surface area (Å²) in [6.07, 6.45) is 3.21. The molecule has 1 aliphatic heterocycles. The third kappa shape index (κ3) is 4.53. The number of methoxy groups -OCH3 is 1. The van der Waals surface area contributed by atoms with Gasteiger partial charge in [-0.05, 0) is 38.1 Å². The first-order valence-electron chi connectivity index (χ1n) is 11.3. The van der Waals surface area contributed by atoms with E-state index in [1.165, 1.54) is 13.3 Å². The van der Waals surface area contributed by atoms with Gasteiger partial charge < -0.3 is 25.2 Å². The number of benzene rings is 1. The van der Waals surface area contributed by atoms with Crippen LogP contribution < -0.4 is 20.9 Å². The minimum Gasteiger partial charge on any atom is -0.453 e. The number of nitrogens with one attached hydrogen (secondary N) is 3. The number of fused-ring (bicyclic) bond motifs is 1. The lowest BCUT2D eigenvalue weighted by atomic mass is 10.2. The Morgan fingerprint density at radius 1 is 1.18 bits per heavy atom. The van der Waals surface area contributed by atoms with Crippen molar-refractivity contribution in [2.45, 2.75) is 18.9 Å². The Morgan fingerprint density at radius 2 is 1.97 bits per heavy atom. The second-order valence-electron chi connectivity index (χ2n) is 8.62. The molecular weight excluding hydrogens is 434 g/mol. The average molecular weight is 462 g/mol. The van der Waals surface area contributed by atoms with Crippen molar-refractivity contribution in [1.29, 1.82) is 5.26 Å². The number of nitrogens with zero attached hydrogens (tertiary/aromatic N) is 6. The van der Waals surface area contributed by atoms with Gasteiger partial charge in [-0.3, -0.25) is 5.32 Å². The highest BCUT2D eigenvalue weighted by molar-refractivity contribution is 5.91. The smallest absolute Gasteiger partial charge is 0.411 e. The Labute approximate surface area is 197 Å². The fraction of sp³-hybridized carbons (Fsp3) is 0.391. The van der Waals surface area contributed by atoms with Crippen LogP contribution in [0, 0.1) is 11.3 Å². The van der Waals surface area contributed by atoms with Crippen molar-refractivity contribution >= 4 is 40.3 Å². The first-order valence-corrected chi connectivity index (χ1v) is 11.3. The number of hydrogen-bond donors (Lipinski definition) is 3. The van der Waals surface area contributed by atoms with Gasteiger partial charge in [0.05, 0.1) is 30.4 Å². The molecule has 0 atom stereocenters. The Hall–Kier alpha value is -4.04. The Morgan fingerprint density at radius 3 is 2.68 bits per heavy atom. The Kier molecular flexibility index (Phi) is 5.81. The summed E-state index contributed by atoms with van der Waals surface area (Å²) in [5.41, 5.74) is 4.13. The van der Waals surface area contributed by atoms with Crippen LogP contribution in [0.15, 0.2) is 30.5 Å². The van der Waals surface area contributed by atoms with Gasteiger partial charge in [-0.1, -0.05) is 0 Å². The molecule has 1 aromatic carbocycles. The molecule has 3 N–H and O–H groups in total. The fourth-order valence-corrected chi connectivity index (χ4v) is 4.01. The van der Waals surface area contributed by atoms with Crippen LogP contribution in [0.5, 0.6) is 0 Å². The van der Waals surface area contributed by atoms with Crippen LogP contribution in [-0.2, 0) is 4.74 Å². The monoisotopic (exact) mass is 461 g/mol. The minimum absolute atomic E-state index is 0.357. The van der Waals surface area contributed by atoms with Crippen LogP contribution in [0.2, 0.25) is 0 Å². The molecule has 1 saturated carbocycles. The van der Waals surface area contributed by atoms with E-state index in [0.29, 0.717) is 28.9 Å². The van der Waals surface area contributed by atoms with Gasteiger partial charge in [0.1, 0.15) is 6.07 Å². The second kappa shape index (κ2) is 9.07. The van der Waals surface area contributed by atoms with E-state index in [0.717, 1.165) is 56.1 Å². The summed E-state index contributed by atoms with van der Waals surface area (Å²) in [5, 5.41) is 23.6. The van der Waals surface area contributed by atoms with Crippen molar-refractivity contribution in [3.63, 3.8) is 0 Å². The normalized spacial score (nSPS) is 16.2. The molecule has 2 fully saturated rings. The third-order valence-corrected chi connectivity index (χ3v) is 6.05. The molecule has 11 heteroatoms. The predicted molar refractivity (Wildman–Crippen MR) is 130 cm³/mol. The topological polar surface area (TPSA) is 123 Å². The van der Waals surface area contributed by atoms with Crippen molar-refractivity contribution in [1.82, 2.24) is 19.5 Å². The molecule has 2 aliphatic rings. The number of aromatic nitrogens is 3. The number of likely N-dealkylation sites (N-methyl/N-ethyl adjacent to an activating group) is 1. The van der Waals surface area contributed by atoms with E-state index < -0.39 is 6.09 Å². The van der Waals surface area contributed by atoms with Gasteiger partial charge in [-0.15, -0.1) is 5.10 Å². The van der Waals surface area contributed by atoms with E-state index in [-0.39, 0.29) is 0 Å². The molecule has 176 valence electrons. The standard InChI is InChI=1S/C23H27N9O2/c1-30-7-9-31(10-8-30)20-6-5-16(11-18(20)28-23(33)34-2)27-21-12-19(26-15-3-4-15)22-25-14-17(13-24)32(22)29-21/h5-6,11-12,14-15,26H,3-4,7-10H2,1-2H3,(H,27,29)(H,28,33). The van der Waals surface area contributed by atoms with Gasteiger partial charge in [0, 0.05) is 44.0 Å². The molecule has 5 rings (SSSR count). The van der Waals surface area contributed by atoms with Gasteiger partial charge in [0.25, 0.3) is 0 Å². The Bertz CT molecular complexity index is 1250. The highest BCUT2D eigenvalue weighted by atomic mass is 16.5. The van der Waals surface area contributed by atoms with Crippen molar-refractivity contribution in [2.24, 2.45) is 0 Å². The number of nitriles is 1. The van der Waals surface area contributed by atoms with Crippen molar-refractivity contribution < 1.29 is 9.53 Å². The van der Waals surface area contributed by atoms with Crippen LogP contribution >= 0.6 is 0 Å². The number of anilines is 5. The number of ether oxygens (including phenoxy) is 1. The number of hydrogen-bond acceptors (Lipinski definition) is 9. The molecule has 0 unspecified atom stereocenters. The predicted octanol–water partition coefficient (Wildman–Crippen LogP) is 2.85. The fourth-order valence-electron chi connectivity index (χ4n) is 4.01. The van der Waals surface area contributed by atoms with Crippen LogP contribution in [0.1, 0.15) is 18.5 Å². The van der Waals surface area contributed by atoms with Crippen molar-refractivity contribution in [2.75, 3.05) is 61.2 Å². The van der Waals surface area contributed by atoms with Gasteiger partial charge in [0.2, 0.25) is 0 Å². The molecule has 0 radical (unpaired) electrons. The zero-order valence-electron chi connectivity index (χ0n) is 19.2. The highest BCUT2D eigenvalue weighted by Crippen LogP contribution is 2.33. The molecule has 34 heavy (non-hydrogen) atoms. The molecule has 1 aliphatic carbocycles. The number of carbonyl (C=O) groups excluding carboxylic acids is 1. The van der Waals surface area contributed by atoms with Gasteiger partial charge >= 0.3 is 6.09 Å². The van der Waals surface area contributed by atoms with Crippen molar-refractivity contribution in [3.8, 4) is 6.07 Å². The largest absolute Gasteiger partial charge is 0.453 e. The minimum atomic E-state index is -0.528. The number of rotatable bonds is 6. The lowest BCUT2D eigenvalue weighted by Crippen LogP contribution is -2.44. The van der Waals surface area contributed by atoms with E-state index >= 15 is 0 Å². The van der Waals surface area contributed by atoms with Crippen LogP contribution in [0.25, 0.3) is 5.65 Å². The SMILES string of the molecule is COC(=O)Nc1cc(Nc2cc(NC3CC3)c3ncc(C#N)n3n2)ccc1N1CCN(C)CC1. The van der Waals surface area contributed by atoms with Gasteiger partial charge in [-0.2, -0.15) is 9.78 Å². The summed E-state index contributed by atoms with van der Waals surface area (Å²) >= 11 is 0. The maximum Gasteiger partial charge on any atom is 0.411 e. The molecule has 0 bridgehead atoms. The summed E-state index contributed by atoms with van der Waals surface area (Å²) in [4.78, 5) is 20.9. The first kappa shape index (κ1) is 21.8. The summed E-state index contributed by atoms with van der Waals surface area (Å²) in [6.45, 7) is 3.63. The first-order chi connectivity index (χ1) is 16.5. The van der Waals surface area contributed by atoms with E-state index in [4.69, 9.17) is 4.74 Å². The molecular formula is C23H27N9O2. The zero-order valence-corrected chi connectivity index (χ0v) is 19.2. The summed E-state index contributed by atoms with van der Waals surface area (Å²) in [5.74, 6) is 0.557. The maximum absolute atomic E-state index is 12.0. The second-order valence-corrected chi connectivity index (χ2v) is 8.62.